The van der Waals surface area contributed by atoms with Crippen LogP contribution >= 0.6 is 0 Å². The minimum absolute atomic E-state index is 0.402. The molecule has 3 saturated carbocycles. The smallest absolute Gasteiger partial charge is 0.137 e. The highest BCUT2D eigenvalue weighted by Gasteiger charge is 2.46. The van der Waals surface area contributed by atoms with Crippen LogP contribution in [0.2, 0.25) is 0 Å². The molecule has 3 aliphatic carbocycles. The highest BCUT2D eigenvalue weighted by molar-refractivity contribution is 5.83. The SMILES string of the molecule is O=C1CCCC1C1CCCCN1C1CC2CCC1C2. The third-order valence-electron chi connectivity index (χ3n) is 6.54. The van der Waals surface area contributed by atoms with Gasteiger partial charge in [-0.05, 0) is 63.3 Å². The van der Waals surface area contributed by atoms with E-state index in [1.165, 1.54) is 57.9 Å². The second kappa shape index (κ2) is 4.87. The van der Waals surface area contributed by atoms with E-state index in [1.54, 1.807) is 0 Å². The first-order chi connectivity index (χ1) is 9.33. The monoisotopic (exact) mass is 261 g/mol. The Bertz CT molecular complexity index is 366. The third-order valence-corrected chi connectivity index (χ3v) is 6.54. The van der Waals surface area contributed by atoms with Crippen molar-refractivity contribution in [1.29, 1.82) is 0 Å². The van der Waals surface area contributed by atoms with Crippen LogP contribution in [-0.2, 0) is 4.79 Å². The van der Waals surface area contributed by atoms with Gasteiger partial charge in [-0.1, -0.05) is 12.8 Å². The molecule has 2 bridgehead atoms. The van der Waals surface area contributed by atoms with Crippen molar-refractivity contribution < 1.29 is 4.79 Å². The molecule has 0 spiro atoms. The molecule has 1 aliphatic heterocycles. The second-order valence-electron chi connectivity index (χ2n) is 7.51. The number of fused-ring (bicyclic) bond motifs is 2. The number of Topliss-reactive ketones (excluding diaryl/α,β-unsaturated/α-hetero) is 1. The Kier molecular flexibility index (Phi) is 3.17. The fraction of sp³-hybridized carbons (Fsp3) is 0.941. The van der Waals surface area contributed by atoms with Crippen molar-refractivity contribution in [3.05, 3.63) is 0 Å². The van der Waals surface area contributed by atoms with E-state index in [4.69, 9.17) is 0 Å². The molecule has 4 aliphatic rings. The van der Waals surface area contributed by atoms with E-state index in [0.29, 0.717) is 17.7 Å². The second-order valence-corrected chi connectivity index (χ2v) is 7.51. The summed E-state index contributed by atoms with van der Waals surface area (Å²) in [6, 6.07) is 1.46. The molecule has 0 radical (unpaired) electrons. The van der Waals surface area contributed by atoms with Crippen LogP contribution in [0.4, 0.5) is 0 Å². The summed E-state index contributed by atoms with van der Waals surface area (Å²) in [6.07, 6.45) is 13.1. The first kappa shape index (κ1) is 12.4. The van der Waals surface area contributed by atoms with Gasteiger partial charge in [0.25, 0.3) is 0 Å². The zero-order valence-electron chi connectivity index (χ0n) is 12.0. The molecule has 1 heterocycles. The van der Waals surface area contributed by atoms with Gasteiger partial charge < -0.3 is 0 Å². The van der Waals surface area contributed by atoms with Crippen LogP contribution < -0.4 is 0 Å². The van der Waals surface area contributed by atoms with Gasteiger partial charge in [0.2, 0.25) is 0 Å². The van der Waals surface area contributed by atoms with Gasteiger partial charge in [0.15, 0.2) is 0 Å². The van der Waals surface area contributed by atoms with E-state index in [-0.39, 0.29) is 0 Å². The van der Waals surface area contributed by atoms with Gasteiger partial charge in [0, 0.05) is 24.4 Å². The number of hydrogen-bond donors (Lipinski definition) is 0. The van der Waals surface area contributed by atoms with Crippen LogP contribution in [0.5, 0.6) is 0 Å². The lowest BCUT2D eigenvalue weighted by Gasteiger charge is -2.45. The number of hydrogen-bond acceptors (Lipinski definition) is 2. The fourth-order valence-corrected chi connectivity index (χ4v) is 5.69. The average molecular weight is 261 g/mol. The molecule has 0 aromatic rings. The maximum atomic E-state index is 12.2. The van der Waals surface area contributed by atoms with Crippen molar-refractivity contribution >= 4 is 5.78 Å². The number of rotatable bonds is 2. The molecule has 2 nitrogen and oxygen atoms in total. The van der Waals surface area contributed by atoms with E-state index in [0.717, 1.165) is 30.7 Å². The van der Waals surface area contributed by atoms with E-state index >= 15 is 0 Å². The summed E-state index contributed by atoms with van der Waals surface area (Å²) in [6.45, 7) is 1.28. The Hall–Kier alpha value is -0.370. The van der Waals surface area contributed by atoms with Gasteiger partial charge in [-0.25, -0.2) is 0 Å². The lowest BCUT2D eigenvalue weighted by Crippen LogP contribution is -2.52. The zero-order chi connectivity index (χ0) is 12.8. The molecule has 0 aromatic carbocycles. The van der Waals surface area contributed by atoms with Gasteiger partial charge in [-0.15, -0.1) is 0 Å². The van der Waals surface area contributed by atoms with Crippen molar-refractivity contribution in [2.75, 3.05) is 6.54 Å². The van der Waals surface area contributed by atoms with Crippen LogP contribution in [0.1, 0.15) is 64.2 Å². The van der Waals surface area contributed by atoms with Crippen molar-refractivity contribution in [3.63, 3.8) is 0 Å². The predicted octanol–water partition coefficient (Wildman–Crippen LogP) is 3.40. The standard InChI is InChI=1S/C17H27NO/c19-17-6-3-4-14(17)15-5-1-2-9-18(15)16-11-12-7-8-13(16)10-12/h12-16H,1-11H2. The van der Waals surface area contributed by atoms with Crippen molar-refractivity contribution in [2.24, 2.45) is 17.8 Å². The Balaban J connectivity index is 1.53. The molecule has 1 saturated heterocycles. The Morgan fingerprint density at radius 3 is 2.53 bits per heavy atom. The van der Waals surface area contributed by atoms with E-state index in [1.807, 2.05) is 0 Å². The first-order valence-corrected chi connectivity index (χ1v) is 8.61. The Labute approximate surface area is 116 Å². The van der Waals surface area contributed by atoms with Gasteiger partial charge in [0.05, 0.1) is 0 Å². The van der Waals surface area contributed by atoms with Crippen LogP contribution in [0.25, 0.3) is 0 Å². The first-order valence-electron chi connectivity index (χ1n) is 8.61. The van der Waals surface area contributed by atoms with Gasteiger partial charge in [-0.3, -0.25) is 9.69 Å². The number of ketones is 1. The minimum Gasteiger partial charge on any atom is -0.299 e. The largest absolute Gasteiger partial charge is 0.299 e. The predicted molar refractivity (Wildman–Crippen MR) is 75.9 cm³/mol. The Morgan fingerprint density at radius 1 is 0.895 bits per heavy atom. The number of carbonyl (C=O) groups is 1. The number of nitrogens with zero attached hydrogens (tertiary/aromatic N) is 1. The van der Waals surface area contributed by atoms with E-state index in [9.17, 15) is 4.79 Å². The fourth-order valence-electron chi connectivity index (χ4n) is 5.69. The molecule has 19 heavy (non-hydrogen) atoms. The number of piperidine rings is 1. The molecule has 0 N–H and O–H groups in total. The minimum atomic E-state index is 0.402. The molecular weight excluding hydrogens is 234 g/mol. The highest BCUT2D eigenvalue weighted by atomic mass is 16.1. The lowest BCUT2D eigenvalue weighted by molar-refractivity contribution is -0.123. The zero-order valence-corrected chi connectivity index (χ0v) is 12.0. The molecule has 5 atom stereocenters. The van der Waals surface area contributed by atoms with Crippen LogP contribution in [0.15, 0.2) is 0 Å². The normalized spacial score (nSPS) is 47.2. The summed E-state index contributed by atoms with van der Waals surface area (Å²) < 4.78 is 0. The molecular formula is C17H27NO. The molecule has 0 aromatic heterocycles. The van der Waals surface area contributed by atoms with Gasteiger partial charge in [0.1, 0.15) is 5.78 Å². The molecule has 0 amide bonds. The summed E-state index contributed by atoms with van der Waals surface area (Å²) in [4.78, 5) is 15.0. The van der Waals surface area contributed by atoms with Crippen LogP contribution in [-0.4, -0.2) is 29.3 Å². The van der Waals surface area contributed by atoms with E-state index in [2.05, 4.69) is 4.90 Å². The third kappa shape index (κ3) is 2.07. The maximum Gasteiger partial charge on any atom is 0.137 e. The molecule has 5 unspecified atom stereocenters. The average Bonchev–Trinajstić information content (AvgIpc) is 3.14. The Morgan fingerprint density at radius 2 is 1.84 bits per heavy atom. The summed E-state index contributed by atoms with van der Waals surface area (Å²) in [7, 11) is 0. The summed E-state index contributed by atoms with van der Waals surface area (Å²) >= 11 is 0. The molecule has 4 fully saturated rings. The summed E-state index contributed by atoms with van der Waals surface area (Å²) in [5.41, 5.74) is 0. The maximum absolute atomic E-state index is 12.2. The topological polar surface area (TPSA) is 20.3 Å². The van der Waals surface area contributed by atoms with Crippen LogP contribution in [0, 0.1) is 17.8 Å². The van der Waals surface area contributed by atoms with Crippen molar-refractivity contribution in [1.82, 2.24) is 4.90 Å². The summed E-state index contributed by atoms with van der Waals surface area (Å²) in [5.74, 6) is 2.98. The van der Waals surface area contributed by atoms with E-state index < -0.39 is 0 Å². The highest BCUT2D eigenvalue weighted by Crippen LogP contribution is 2.48. The van der Waals surface area contributed by atoms with Crippen LogP contribution in [0.3, 0.4) is 0 Å². The number of carbonyl (C=O) groups excluding carboxylic acids is 1. The quantitative estimate of drug-likeness (QED) is 0.759. The molecule has 2 heteroatoms. The molecule has 4 rings (SSSR count). The van der Waals surface area contributed by atoms with Crippen molar-refractivity contribution in [3.8, 4) is 0 Å². The summed E-state index contributed by atoms with van der Waals surface area (Å²) in [5, 5.41) is 0. The van der Waals surface area contributed by atoms with Crippen molar-refractivity contribution in [2.45, 2.75) is 76.3 Å². The van der Waals surface area contributed by atoms with Gasteiger partial charge in [-0.2, -0.15) is 0 Å². The number of likely N-dealkylation sites (tertiary alicyclic amines) is 1. The molecule has 106 valence electrons. The lowest BCUT2D eigenvalue weighted by atomic mass is 9.84. The van der Waals surface area contributed by atoms with Gasteiger partial charge >= 0.3 is 0 Å².